The van der Waals surface area contributed by atoms with E-state index in [4.69, 9.17) is 0 Å². The van der Waals surface area contributed by atoms with E-state index >= 15 is 0 Å². The van der Waals surface area contributed by atoms with Crippen molar-refractivity contribution in [2.24, 2.45) is 0 Å². The van der Waals surface area contributed by atoms with Crippen molar-refractivity contribution in [2.75, 3.05) is 5.32 Å². The average Bonchev–Trinajstić information content (AvgIpc) is 2.44. The van der Waals surface area contributed by atoms with Crippen molar-refractivity contribution in [2.45, 2.75) is 32.2 Å². The second kappa shape index (κ2) is 4.89. The lowest BCUT2D eigenvalue weighted by Crippen LogP contribution is -2.26. The highest BCUT2D eigenvalue weighted by Gasteiger charge is 2.28. The van der Waals surface area contributed by atoms with Gasteiger partial charge in [-0.3, -0.25) is 0 Å². The summed E-state index contributed by atoms with van der Waals surface area (Å²) < 4.78 is 28.1. The van der Waals surface area contributed by atoms with Crippen LogP contribution in [0.1, 0.15) is 36.0 Å². The lowest BCUT2D eigenvalue weighted by atomic mass is 9.82. The predicted molar refractivity (Wildman–Crippen MR) is 77.1 cm³/mol. The van der Waals surface area contributed by atoms with Gasteiger partial charge in [0.15, 0.2) is 11.6 Å². The number of para-hydroxylation sites is 1. The molecule has 2 aromatic carbocycles. The van der Waals surface area contributed by atoms with Gasteiger partial charge in [0.05, 0.1) is 0 Å². The van der Waals surface area contributed by atoms with E-state index < -0.39 is 11.6 Å². The van der Waals surface area contributed by atoms with Crippen LogP contribution in [0.25, 0.3) is 0 Å². The molecule has 0 radical (unpaired) electrons. The van der Waals surface area contributed by atoms with Crippen molar-refractivity contribution >= 4 is 5.69 Å². The minimum absolute atomic E-state index is 0.0995. The predicted octanol–water partition coefficient (Wildman–Crippen LogP) is 4.61. The van der Waals surface area contributed by atoms with E-state index in [1.807, 2.05) is 24.3 Å². The molecular formula is C17H17F2N. The van der Waals surface area contributed by atoms with Gasteiger partial charge in [-0.2, -0.15) is 0 Å². The first-order valence-electron chi connectivity index (χ1n) is 6.88. The van der Waals surface area contributed by atoms with Crippen LogP contribution in [0.4, 0.5) is 14.5 Å². The Morgan fingerprint density at radius 1 is 1.00 bits per heavy atom. The zero-order chi connectivity index (χ0) is 14.3. The highest BCUT2D eigenvalue weighted by molar-refractivity contribution is 5.58. The Morgan fingerprint density at radius 3 is 2.55 bits per heavy atom. The fourth-order valence-electron chi connectivity index (χ4n) is 2.96. The summed E-state index contributed by atoms with van der Waals surface area (Å²) in [6, 6.07) is 11.5. The topological polar surface area (TPSA) is 12.0 Å². The summed E-state index contributed by atoms with van der Waals surface area (Å²) >= 11 is 0. The number of hydrogen-bond donors (Lipinski definition) is 1. The molecule has 0 saturated heterocycles. The van der Waals surface area contributed by atoms with Crippen molar-refractivity contribution in [3.8, 4) is 0 Å². The first kappa shape index (κ1) is 13.1. The molecule has 0 fully saturated rings. The highest BCUT2D eigenvalue weighted by Crippen LogP contribution is 2.40. The molecule has 1 N–H and O–H groups in total. The Kier molecular flexibility index (Phi) is 3.20. The Labute approximate surface area is 117 Å². The van der Waals surface area contributed by atoms with Crippen molar-refractivity contribution < 1.29 is 8.78 Å². The number of benzene rings is 2. The van der Waals surface area contributed by atoms with Crippen LogP contribution in [-0.2, 0) is 0 Å². The molecule has 0 amide bonds. The van der Waals surface area contributed by atoms with Gasteiger partial charge in [-0.25, -0.2) is 8.78 Å². The number of nitrogens with one attached hydrogen (secondary N) is 1. The van der Waals surface area contributed by atoms with Gasteiger partial charge in [-0.1, -0.05) is 30.3 Å². The summed E-state index contributed by atoms with van der Waals surface area (Å²) in [6.07, 6.45) is 0.760. The molecule has 0 spiro atoms. The summed E-state index contributed by atoms with van der Waals surface area (Å²) in [4.78, 5) is 0. The van der Waals surface area contributed by atoms with Crippen molar-refractivity contribution in [3.63, 3.8) is 0 Å². The number of aryl methyl sites for hydroxylation is 1. The molecular weight excluding hydrogens is 256 g/mol. The standard InChI is InChI=1S/C17H17F2N/c1-10-7-8-13(17(19)16(10)18)14-9-11(2)20-15-6-4-3-5-12(14)15/h3-8,11,14,20H,9H2,1-2H3. The zero-order valence-corrected chi connectivity index (χ0v) is 11.6. The van der Waals surface area contributed by atoms with E-state index in [1.54, 1.807) is 19.1 Å². The van der Waals surface area contributed by atoms with E-state index in [0.29, 0.717) is 11.1 Å². The van der Waals surface area contributed by atoms with Gasteiger partial charge in [0.2, 0.25) is 0 Å². The van der Waals surface area contributed by atoms with Crippen molar-refractivity contribution in [1.82, 2.24) is 0 Å². The van der Waals surface area contributed by atoms with Crippen LogP contribution < -0.4 is 5.32 Å². The molecule has 2 unspecified atom stereocenters. The third-order valence-corrected chi connectivity index (χ3v) is 4.01. The molecule has 3 rings (SSSR count). The largest absolute Gasteiger partial charge is 0.382 e. The molecule has 0 aromatic heterocycles. The van der Waals surface area contributed by atoms with Gasteiger partial charge in [0.25, 0.3) is 0 Å². The Bertz CT molecular complexity index is 651. The molecule has 0 aliphatic carbocycles. The molecule has 2 atom stereocenters. The second-order valence-corrected chi connectivity index (χ2v) is 5.52. The van der Waals surface area contributed by atoms with Crippen LogP contribution in [0.5, 0.6) is 0 Å². The third-order valence-electron chi connectivity index (χ3n) is 4.01. The summed E-state index contributed by atoms with van der Waals surface area (Å²) in [5, 5.41) is 3.39. The minimum Gasteiger partial charge on any atom is -0.382 e. The van der Waals surface area contributed by atoms with E-state index in [-0.39, 0.29) is 12.0 Å². The number of anilines is 1. The molecule has 0 saturated carbocycles. The fraction of sp³-hybridized carbons (Fsp3) is 0.294. The highest BCUT2D eigenvalue weighted by atomic mass is 19.2. The van der Waals surface area contributed by atoms with Crippen LogP contribution in [0.3, 0.4) is 0 Å². The lowest BCUT2D eigenvalue weighted by molar-refractivity contribution is 0.480. The van der Waals surface area contributed by atoms with Gasteiger partial charge < -0.3 is 5.32 Å². The fourth-order valence-corrected chi connectivity index (χ4v) is 2.96. The first-order chi connectivity index (χ1) is 9.58. The zero-order valence-electron chi connectivity index (χ0n) is 11.6. The van der Waals surface area contributed by atoms with Crippen molar-refractivity contribution in [3.05, 3.63) is 64.7 Å². The maximum absolute atomic E-state index is 14.3. The van der Waals surface area contributed by atoms with Crippen molar-refractivity contribution in [1.29, 1.82) is 0 Å². The Morgan fingerprint density at radius 2 is 1.75 bits per heavy atom. The molecule has 1 aliphatic rings. The second-order valence-electron chi connectivity index (χ2n) is 5.52. The Balaban J connectivity index is 2.13. The van der Waals surface area contributed by atoms with Gasteiger partial charge in [-0.05, 0) is 43.0 Å². The third kappa shape index (κ3) is 2.07. The van der Waals surface area contributed by atoms with Crippen LogP contribution in [0, 0.1) is 18.6 Å². The summed E-state index contributed by atoms with van der Waals surface area (Å²) in [6.45, 7) is 3.65. The molecule has 0 bridgehead atoms. The van der Waals surface area contributed by atoms with E-state index in [2.05, 4.69) is 12.2 Å². The Hall–Kier alpha value is -1.90. The van der Waals surface area contributed by atoms with Crippen LogP contribution >= 0.6 is 0 Å². The van der Waals surface area contributed by atoms with Crippen LogP contribution in [-0.4, -0.2) is 6.04 Å². The average molecular weight is 273 g/mol. The van der Waals surface area contributed by atoms with E-state index in [9.17, 15) is 8.78 Å². The minimum atomic E-state index is -0.730. The summed E-state index contributed by atoms with van der Waals surface area (Å²) in [7, 11) is 0. The molecule has 104 valence electrons. The number of halogens is 2. The first-order valence-corrected chi connectivity index (χ1v) is 6.88. The SMILES string of the molecule is Cc1ccc(C2CC(C)Nc3ccccc32)c(F)c1F. The number of fused-ring (bicyclic) bond motifs is 1. The molecule has 2 aromatic rings. The van der Waals surface area contributed by atoms with E-state index in [1.165, 1.54) is 0 Å². The summed E-state index contributed by atoms with van der Waals surface area (Å²) in [5.41, 5.74) is 2.85. The molecule has 1 aliphatic heterocycles. The van der Waals surface area contributed by atoms with Gasteiger partial charge in [0, 0.05) is 17.6 Å². The molecule has 1 nitrogen and oxygen atoms in total. The smallest absolute Gasteiger partial charge is 0.162 e. The lowest BCUT2D eigenvalue weighted by Gasteiger charge is -2.32. The number of rotatable bonds is 1. The van der Waals surface area contributed by atoms with E-state index in [0.717, 1.165) is 17.7 Å². The van der Waals surface area contributed by atoms with Gasteiger partial charge in [-0.15, -0.1) is 0 Å². The van der Waals surface area contributed by atoms with Gasteiger partial charge in [0.1, 0.15) is 0 Å². The molecule has 1 heterocycles. The van der Waals surface area contributed by atoms with Gasteiger partial charge >= 0.3 is 0 Å². The number of hydrogen-bond acceptors (Lipinski definition) is 1. The normalized spacial score (nSPS) is 21.2. The monoisotopic (exact) mass is 273 g/mol. The summed E-state index contributed by atoms with van der Waals surface area (Å²) in [5.74, 6) is -1.54. The van der Waals surface area contributed by atoms with Crippen LogP contribution in [0.2, 0.25) is 0 Å². The molecule has 20 heavy (non-hydrogen) atoms. The maximum Gasteiger partial charge on any atom is 0.162 e. The van der Waals surface area contributed by atoms with Crippen LogP contribution in [0.15, 0.2) is 36.4 Å². The molecule has 3 heteroatoms. The quantitative estimate of drug-likeness (QED) is 0.800. The maximum atomic E-state index is 14.3.